The zero-order valence-corrected chi connectivity index (χ0v) is 15.2. The third kappa shape index (κ3) is 17.8. The third-order valence-corrected chi connectivity index (χ3v) is 4.38. The SMILES string of the molecule is [CH2]CC(O)CCCCCCCC/C=C\CCCCCCCC. The van der Waals surface area contributed by atoms with Gasteiger partial charge in [0, 0.05) is 0 Å². The Labute approximate surface area is 140 Å². The number of aliphatic hydroxyl groups excluding tert-OH is 1. The summed E-state index contributed by atoms with van der Waals surface area (Å²) < 4.78 is 0. The molecule has 131 valence electrons. The fraction of sp³-hybridized carbons (Fsp3) is 0.857. The van der Waals surface area contributed by atoms with Crippen LogP contribution in [0.1, 0.15) is 110 Å². The van der Waals surface area contributed by atoms with E-state index in [0.29, 0.717) is 6.42 Å². The van der Waals surface area contributed by atoms with Gasteiger partial charge >= 0.3 is 0 Å². The summed E-state index contributed by atoms with van der Waals surface area (Å²) in [7, 11) is 0. The Kier molecular flexibility index (Phi) is 18.5. The van der Waals surface area contributed by atoms with Gasteiger partial charge in [-0.3, -0.25) is 0 Å². The maximum Gasteiger partial charge on any atom is 0.0540 e. The first-order chi connectivity index (χ1) is 10.8. The highest BCUT2D eigenvalue weighted by atomic mass is 16.3. The van der Waals surface area contributed by atoms with E-state index in [4.69, 9.17) is 0 Å². The molecule has 0 aliphatic rings. The zero-order valence-electron chi connectivity index (χ0n) is 15.2. The molecule has 0 aromatic carbocycles. The summed E-state index contributed by atoms with van der Waals surface area (Å²) in [4.78, 5) is 0. The molecule has 0 rings (SSSR count). The molecule has 0 aliphatic heterocycles. The number of rotatable bonds is 17. The highest BCUT2D eigenvalue weighted by molar-refractivity contribution is 4.81. The molecule has 1 radical (unpaired) electrons. The van der Waals surface area contributed by atoms with Gasteiger partial charge in [-0.25, -0.2) is 0 Å². The van der Waals surface area contributed by atoms with Crippen molar-refractivity contribution < 1.29 is 5.11 Å². The fourth-order valence-electron chi connectivity index (χ4n) is 2.77. The normalized spacial score (nSPS) is 13.0. The summed E-state index contributed by atoms with van der Waals surface area (Å²) in [5.74, 6) is 0. The smallest absolute Gasteiger partial charge is 0.0540 e. The predicted molar refractivity (Wildman–Crippen MR) is 100 cm³/mol. The van der Waals surface area contributed by atoms with E-state index in [0.717, 1.165) is 12.8 Å². The van der Waals surface area contributed by atoms with Crippen molar-refractivity contribution in [3.05, 3.63) is 19.1 Å². The fourth-order valence-corrected chi connectivity index (χ4v) is 2.77. The third-order valence-electron chi connectivity index (χ3n) is 4.38. The van der Waals surface area contributed by atoms with Crippen LogP contribution >= 0.6 is 0 Å². The topological polar surface area (TPSA) is 20.2 Å². The number of aliphatic hydroxyl groups is 1. The van der Waals surface area contributed by atoms with E-state index in [1.54, 1.807) is 0 Å². The molecule has 22 heavy (non-hydrogen) atoms. The molecule has 1 unspecified atom stereocenters. The Bertz CT molecular complexity index is 222. The minimum Gasteiger partial charge on any atom is -0.393 e. The summed E-state index contributed by atoms with van der Waals surface area (Å²) in [6, 6.07) is 0. The van der Waals surface area contributed by atoms with Crippen molar-refractivity contribution in [3.63, 3.8) is 0 Å². The number of unbranched alkanes of at least 4 members (excludes halogenated alkanes) is 12. The summed E-state index contributed by atoms with van der Waals surface area (Å²) in [6.45, 7) is 6.00. The predicted octanol–water partition coefficient (Wildman–Crippen LogP) is 7.00. The highest BCUT2D eigenvalue weighted by Crippen LogP contribution is 2.11. The van der Waals surface area contributed by atoms with E-state index < -0.39 is 0 Å². The molecule has 0 bridgehead atoms. The average Bonchev–Trinajstić information content (AvgIpc) is 2.54. The van der Waals surface area contributed by atoms with Crippen molar-refractivity contribution in [2.24, 2.45) is 0 Å². The van der Waals surface area contributed by atoms with Gasteiger partial charge in [0.2, 0.25) is 0 Å². The van der Waals surface area contributed by atoms with Gasteiger partial charge in [0.1, 0.15) is 0 Å². The van der Waals surface area contributed by atoms with E-state index in [1.807, 2.05) is 0 Å². The standard InChI is InChI=1S/C21H41O/c1-3-5-6-7-8-9-10-11-12-13-14-15-16-17-18-19-20-21(22)4-2/h11-12,21-22H,2-10,13-20H2,1H3/b12-11-. The first-order valence-electron chi connectivity index (χ1n) is 9.93. The Morgan fingerprint density at radius 2 is 1.18 bits per heavy atom. The van der Waals surface area contributed by atoms with Crippen LogP contribution in [-0.2, 0) is 0 Å². The lowest BCUT2D eigenvalue weighted by Crippen LogP contribution is -2.03. The molecule has 1 nitrogen and oxygen atoms in total. The molecule has 0 saturated heterocycles. The van der Waals surface area contributed by atoms with Crippen LogP contribution in [0.4, 0.5) is 0 Å². The van der Waals surface area contributed by atoms with Gasteiger partial charge in [-0.05, 0) is 38.5 Å². The first-order valence-corrected chi connectivity index (χ1v) is 9.93. The molecule has 1 heteroatoms. The second-order valence-corrected chi connectivity index (χ2v) is 6.67. The van der Waals surface area contributed by atoms with Crippen LogP contribution in [0, 0.1) is 6.92 Å². The average molecular weight is 310 g/mol. The van der Waals surface area contributed by atoms with Crippen LogP contribution in [0.2, 0.25) is 0 Å². The number of hydrogen-bond donors (Lipinski definition) is 1. The molecule has 0 aliphatic carbocycles. The van der Waals surface area contributed by atoms with Crippen molar-refractivity contribution in [2.45, 2.75) is 116 Å². The molecule has 0 fully saturated rings. The largest absolute Gasteiger partial charge is 0.393 e. The number of hydrogen-bond acceptors (Lipinski definition) is 1. The van der Waals surface area contributed by atoms with Gasteiger partial charge in [0.15, 0.2) is 0 Å². The molecular weight excluding hydrogens is 268 g/mol. The molecular formula is C21H41O. The Balaban J connectivity index is 3.08. The quantitative estimate of drug-likeness (QED) is 0.226. The van der Waals surface area contributed by atoms with E-state index in [-0.39, 0.29) is 6.10 Å². The summed E-state index contributed by atoms with van der Waals surface area (Å²) in [5, 5.41) is 9.40. The van der Waals surface area contributed by atoms with Crippen molar-refractivity contribution in [1.82, 2.24) is 0 Å². The van der Waals surface area contributed by atoms with Crippen molar-refractivity contribution in [2.75, 3.05) is 0 Å². The second-order valence-electron chi connectivity index (χ2n) is 6.67. The van der Waals surface area contributed by atoms with Crippen molar-refractivity contribution >= 4 is 0 Å². The van der Waals surface area contributed by atoms with Crippen LogP contribution in [0.15, 0.2) is 12.2 Å². The van der Waals surface area contributed by atoms with Crippen molar-refractivity contribution in [1.29, 1.82) is 0 Å². The van der Waals surface area contributed by atoms with Crippen molar-refractivity contribution in [3.8, 4) is 0 Å². The monoisotopic (exact) mass is 309 g/mol. The van der Waals surface area contributed by atoms with Crippen LogP contribution in [0.3, 0.4) is 0 Å². The molecule has 1 atom stereocenters. The van der Waals surface area contributed by atoms with Gasteiger partial charge in [-0.2, -0.15) is 0 Å². The van der Waals surface area contributed by atoms with Crippen LogP contribution in [0.25, 0.3) is 0 Å². The summed E-state index contributed by atoms with van der Waals surface area (Å²) in [5.41, 5.74) is 0. The van der Waals surface area contributed by atoms with Crippen LogP contribution < -0.4 is 0 Å². The summed E-state index contributed by atoms with van der Waals surface area (Å²) in [6.07, 6.45) is 24.9. The molecule has 1 N–H and O–H groups in total. The van der Waals surface area contributed by atoms with Gasteiger partial charge in [0.25, 0.3) is 0 Å². The lowest BCUT2D eigenvalue weighted by atomic mass is 10.0. The lowest BCUT2D eigenvalue weighted by Gasteiger charge is -2.06. The second kappa shape index (κ2) is 18.7. The zero-order chi connectivity index (χ0) is 16.3. The van der Waals surface area contributed by atoms with Gasteiger partial charge in [0.05, 0.1) is 6.10 Å². The minimum absolute atomic E-state index is 0.170. The van der Waals surface area contributed by atoms with E-state index in [1.165, 1.54) is 83.5 Å². The number of allylic oxidation sites excluding steroid dienone is 2. The minimum atomic E-state index is -0.170. The molecule has 0 amide bonds. The molecule has 0 heterocycles. The van der Waals surface area contributed by atoms with Crippen LogP contribution in [0.5, 0.6) is 0 Å². The van der Waals surface area contributed by atoms with E-state index in [9.17, 15) is 5.11 Å². The lowest BCUT2D eigenvalue weighted by molar-refractivity contribution is 0.163. The Hall–Kier alpha value is -0.300. The van der Waals surface area contributed by atoms with Crippen LogP contribution in [-0.4, -0.2) is 11.2 Å². The van der Waals surface area contributed by atoms with Gasteiger partial charge < -0.3 is 5.11 Å². The summed E-state index contributed by atoms with van der Waals surface area (Å²) >= 11 is 0. The van der Waals surface area contributed by atoms with E-state index >= 15 is 0 Å². The molecule has 0 spiro atoms. The Morgan fingerprint density at radius 3 is 1.68 bits per heavy atom. The maximum absolute atomic E-state index is 9.40. The van der Waals surface area contributed by atoms with E-state index in [2.05, 4.69) is 26.0 Å². The molecule has 0 aromatic rings. The maximum atomic E-state index is 9.40. The molecule has 0 aromatic heterocycles. The Morgan fingerprint density at radius 1 is 0.727 bits per heavy atom. The first kappa shape index (κ1) is 21.7. The highest BCUT2D eigenvalue weighted by Gasteiger charge is 1.99. The molecule has 0 saturated carbocycles. The van der Waals surface area contributed by atoms with Gasteiger partial charge in [-0.1, -0.05) is 90.2 Å². The van der Waals surface area contributed by atoms with Gasteiger partial charge in [-0.15, -0.1) is 0 Å².